The Morgan fingerprint density at radius 1 is 1.42 bits per heavy atom. The smallest absolute Gasteiger partial charge is 0.312 e. The summed E-state index contributed by atoms with van der Waals surface area (Å²) in [7, 11) is 0. The Morgan fingerprint density at radius 2 is 2.16 bits per heavy atom. The highest BCUT2D eigenvalue weighted by atomic mass is 79.9. The van der Waals surface area contributed by atoms with Crippen molar-refractivity contribution in [2.24, 2.45) is 5.10 Å². The van der Waals surface area contributed by atoms with E-state index in [0.29, 0.717) is 0 Å². The molecule has 19 heavy (non-hydrogen) atoms. The number of hydrogen-bond donors (Lipinski definition) is 2. The van der Waals surface area contributed by atoms with Crippen molar-refractivity contribution in [2.75, 3.05) is 0 Å². The number of benzene rings is 1. The maximum Gasteiger partial charge on any atom is 0.312 e. The Morgan fingerprint density at radius 3 is 2.89 bits per heavy atom. The number of nitrogens with zero attached hydrogens (tertiary/aromatic N) is 1. The lowest BCUT2D eigenvalue weighted by atomic mass is 10.2. The average molecular weight is 341 g/mol. The summed E-state index contributed by atoms with van der Waals surface area (Å²) in [6, 6.07) is 7.81. The molecule has 0 radical (unpaired) electrons. The molecule has 0 atom stereocenters. The summed E-state index contributed by atoms with van der Waals surface area (Å²) in [5, 5.41) is 13.2. The van der Waals surface area contributed by atoms with E-state index in [-0.39, 0.29) is 0 Å². The molecule has 1 amide bonds. The summed E-state index contributed by atoms with van der Waals surface area (Å²) in [6.07, 6.45) is 0.908. The molecule has 2 rings (SSSR count). The summed E-state index contributed by atoms with van der Waals surface area (Å²) >= 11 is 5.00. The number of amides is 1. The van der Waals surface area contributed by atoms with Crippen LogP contribution in [0, 0.1) is 0 Å². The summed E-state index contributed by atoms with van der Waals surface area (Å²) < 4.78 is 2.01. The fourth-order valence-electron chi connectivity index (χ4n) is 1.50. The van der Waals surface area contributed by atoms with Gasteiger partial charge in [0.25, 0.3) is 5.91 Å². The van der Waals surface area contributed by atoms with Crippen LogP contribution >= 0.6 is 27.3 Å². The van der Waals surface area contributed by atoms with Crippen LogP contribution in [0.15, 0.2) is 33.2 Å². The lowest BCUT2D eigenvalue weighted by molar-refractivity contribution is -0.140. The number of carbonyl (C=O) groups excluding carboxylic acids is 1. The van der Waals surface area contributed by atoms with Crippen molar-refractivity contribution in [3.8, 4) is 0 Å². The van der Waals surface area contributed by atoms with Gasteiger partial charge in [-0.1, -0.05) is 18.2 Å². The molecule has 0 aliphatic carbocycles. The van der Waals surface area contributed by atoms with E-state index in [1.54, 1.807) is 11.3 Å². The zero-order valence-corrected chi connectivity index (χ0v) is 12.0. The number of hydrogen-bond acceptors (Lipinski definition) is 4. The van der Waals surface area contributed by atoms with Gasteiger partial charge in [-0.05, 0) is 22.0 Å². The van der Waals surface area contributed by atoms with Crippen LogP contribution in [0.3, 0.4) is 0 Å². The van der Waals surface area contributed by atoms with Crippen LogP contribution in [0.25, 0.3) is 10.1 Å². The predicted molar refractivity (Wildman–Crippen MR) is 77.5 cm³/mol. The molecule has 0 fully saturated rings. The minimum atomic E-state index is -1.19. The first-order valence-corrected chi connectivity index (χ1v) is 6.89. The molecule has 5 nitrogen and oxygen atoms in total. The first kappa shape index (κ1) is 13.7. The summed E-state index contributed by atoms with van der Waals surface area (Å²) in [4.78, 5) is 21.4. The largest absolute Gasteiger partial charge is 0.481 e. The number of fused-ring (bicyclic) bond motifs is 1. The van der Waals surface area contributed by atoms with Crippen molar-refractivity contribution < 1.29 is 14.7 Å². The number of halogens is 1. The van der Waals surface area contributed by atoms with Crippen LogP contribution in [-0.2, 0) is 9.59 Å². The van der Waals surface area contributed by atoms with Crippen LogP contribution in [0.4, 0.5) is 0 Å². The van der Waals surface area contributed by atoms with Crippen molar-refractivity contribution in [3.63, 3.8) is 0 Å². The van der Waals surface area contributed by atoms with Gasteiger partial charge in [0.1, 0.15) is 6.42 Å². The lowest BCUT2D eigenvalue weighted by Crippen LogP contribution is -2.20. The van der Waals surface area contributed by atoms with Gasteiger partial charge in [-0.25, -0.2) is 5.43 Å². The summed E-state index contributed by atoms with van der Waals surface area (Å²) in [5.74, 6) is -1.84. The molecule has 0 bridgehead atoms. The molecule has 2 aromatic rings. The number of rotatable bonds is 4. The van der Waals surface area contributed by atoms with Gasteiger partial charge in [0.05, 0.1) is 10.0 Å². The summed E-state index contributed by atoms with van der Waals surface area (Å²) in [6.45, 7) is 0. The Balaban J connectivity index is 2.15. The molecule has 7 heteroatoms. The van der Waals surface area contributed by atoms with Gasteiger partial charge in [0, 0.05) is 15.6 Å². The number of hydrazone groups is 1. The van der Waals surface area contributed by atoms with Gasteiger partial charge in [-0.2, -0.15) is 5.10 Å². The molecule has 0 saturated heterocycles. The number of thiophene rings is 1. The fraction of sp³-hybridized carbons (Fsp3) is 0.0833. The molecular weight excluding hydrogens is 332 g/mol. The SMILES string of the molecule is O=C(O)CC(=O)N/N=C/c1c(Br)sc2ccccc12. The van der Waals surface area contributed by atoms with Gasteiger partial charge >= 0.3 is 5.97 Å². The third-order valence-electron chi connectivity index (χ3n) is 2.28. The molecule has 0 unspecified atom stereocenters. The van der Waals surface area contributed by atoms with Crippen molar-refractivity contribution in [1.29, 1.82) is 0 Å². The standard InChI is InChI=1S/C12H9BrN2O3S/c13-12-8(6-14-15-10(16)5-11(17)18)7-3-1-2-4-9(7)19-12/h1-4,6H,5H2,(H,15,16)(H,17,18)/b14-6+. The van der Waals surface area contributed by atoms with Gasteiger partial charge in [-0.15, -0.1) is 11.3 Å². The van der Waals surface area contributed by atoms with E-state index in [4.69, 9.17) is 5.11 Å². The van der Waals surface area contributed by atoms with E-state index in [2.05, 4.69) is 26.5 Å². The maximum absolute atomic E-state index is 11.1. The quantitative estimate of drug-likeness (QED) is 0.510. The molecule has 0 saturated carbocycles. The average Bonchev–Trinajstić information content (AvgIpc) is 2.65. The number of carboxylic acid groups (broad SMARTS) is 1. The van der Waals surface area contributed by atoms with Gasteiger partial charge < -0.3 is 5.11 Å². The highest BCUT2D eigenvalue weighted by molar-refractivity contribution is 9.11. The van der Waals surface area contributed by atoms with E-state index in [1.165, 1.54) is 6.21 Å². The number of carboxylic acids is 1. The Bertz CT molecular complexity index is 666. The van der Waals surface area contributed by atoms with Crippen LogP contribution in [0.1, 0.15) is 12.0 Å². The topological polar surface area (TPSA) is 78.8 Å². The first-order valence-electron chi connectivity index (χ1n) is 5.28. The summed E-state index contributed by atoms with van der Waals surface area (Å²) in [5.41, 5.74) is 3.04. The zero-order chi connectivity index (χ0) is 13.8. The molecule has 1 aromatic carbocycles. The molecule has 2 N–H and O–H groups in total. The van der Waals surface area contributed by atoms with E-state index in [0.717, 1.165) is 19.4 Å². The number of carbonyl (C=O) groups is 2. The monoisotopic (exact) mass is 340 g/mol. The number of nitrogens with one attached hydrogen (secondary N) is 1. The Labute approximate surface area is 121 Å². The van der Waals surface area contributed by atoms with Crippen molar-refractivity contribution in [3.05, 3.63) is 33.6 Å². The number of aliphatic carboxylic acids is 1. The predicted octanol–water partition coefficient (Wildman–Crippen LogP) is 2.59. The molecule has 98 valence electrons. The first-order chi connectivity index (χ1) is 9.08. The third kappa shape index (κ3) is 3.39. The second kappa shape index (κ2) is 5.94. The molecule has 0 spiro atoms. The molecule has 1 heterocycles. The third-order valence-corrected chi connectivity index (χ3v) is 4.17. The minimum absolute atomic E-state index is 0.594. The van der Waals surface area contributed by atoms with Crippen molar-refractivity contribution in [2.45, 2.75) is 6.42 Å². The zero-order valence-electron chi connectivity index (χ0n) is 9.59. The van der Waals surface area contributed by atoms with E-state index in [1.807, 2.05) is 24.3 Å². The molecule has 1 aromatic heterocycles. The van der Waals surface area contributed by atoms with Gasteiger partial charge in [0.15, 0.2) is 0 Å². The van der Waals surface area contributed by atoms with Crippen LogP contribution in [-0.4, -0.2) is 23.2 Å². The normalized spacial score (nSPS) is 11.0. The van der Waals surface area contributed by atoms with Crippen molar-refractivity contribution >= 4 is 55.4 Å². The second-order valence-corrected chi connectivity index (χ2v) is 6.02. The van der Waals surface area contributed by atoms with Gasteiger partial charge in [-0.3, -0.25) is 9.59 Å². The van der Waals surface area contributed by atoms with Crippen LogP contribution in [0.5, 0.6) is 0 Å². The van der Waals surface area contributed by atoms with E-state index >= 15 is 0 Å². The lowest BCUT2D eigenvalue weighted by Gasteiger charge is -1.95. The van der Waals surface area contributed by atoms with Crippen molar-refractivity contribution in [1.82, 2.24) is 5.43 Å². The van der Waals surface area contributed by atoms with Crippen LogP contribution < -0.4 is 5.43 Å². The van der Waals surface area contributed by atoms with Gasteiger partial charge in [0.2, 0.25) is 0 Å². The molecule has 0 aliphatic rings. The minimum Gasteiger partial charge on any atom is -0.481 e. The molecular formula is C12H9BrN2O3S. The molecule has 0 aliphatic heterocycles. The highest BCUT2D eigenvalue weighted by Gasteiger charge is 2.08. The Kier molecular flexibility index (Phi) is 4.28. The highest BCUT2D eigenvalue weighted by Crippen LogP contribution is 2.33. The Hall–Kier alpha value is -1.73. The fourth-order valence-corrected chi connectivity index (χ4v) is 3.24. The van der Waals surface area contributed by atoms with E-state index < -0.39 is 18.3 Å². The van der Waals surface area contributed by atoms with Crippen LogP contribution in [0.2, 0.25) is 0 Å². The second-order valence-electron chi connectivity index (χ2n) is 3.65. The maximum atomic E-state index is 11.1. The van der Waals surface area contributed by atoms with E-state index in [9.17, 15) is 9.59 Å².